The average molecular weight is 385 g/mol. The summed E-state index contributed by atoms with van der Waals surface area (Å²) in [5.41, 5.74) is 2.43. The minimum atomic E-state index is -0.501. The van der Waals surface area contributed by atoms with Gasteiger partial charge < -0.3 is 14.8 Å². The quantitative estimate of drug-likeness (QED) is 0.648. The van der Waals surface area contributed by atoms with Crippen LogP contribution in [0.25, 0.3) is 10.9 Å². The van der Waals surface area contributed by atoms with E-state index in [0.29, 0.717) is 32.9 Å². The largest absolute Gasteiger partial charge is 0.465 e. The Morgan fingerprint density at radius 3 is 2.70 bits per heavy atom. The van der Waals surface area contributed by atoms with Crippen molar-refractivity contribution in [3.63, 3.8) is 0 Å². The number of fused-ring (bicyclic) bond motifs is 1. The summed E-state index contributed by atoms with van der Waals surface area (Å²) in [5, 5.41) is 4.37. The van der Waals surface area contributed by atoms with E-state index < -0.39 is 11.9 Å². The number of nitrogens with one attached hydrogen (secondary N) is 1. The Morgan fingerprint density at radius 1 is 1.15 bits per heavy atom. The number of carbonyl (C=O) groups is 2. The van der Waals surface area contributed by atoms with Gasteiger partial charge in [-0.15, -0.1) is 0 Å². The average Bonchev–Trinajstić information content (AvgIpc) is 2.68. The highest BCUT2D eigenvalue weighted by Crippen LogP contribution is 2.31. The van der Waals surface area contributed by atoms with Crippen LogP contribution in [0.2, 0.25) is 5.02 Å². The van der Waals surface area contributed by atoms with Crippen molar-refractivity contribution < 1.29 is 19.1 Å². The molecule has 7 heteroatoms. The summed E-state index contributed by atoms with van der Waals surface area (Å²) in [7, 11) is 1.32. The van der Waals surface area contributed by atoms with E-state index in [2.05, 4.69) is 10.3 Å². The molecule has 0 aliphatic carbocycles. The van der Waals surface area contributed by atoms with Crippen LogP contribution in [0.5, 0.6) is 0 Å². The smallest absolute Gasteiger partial charge is 0.341 e. The fourth-order valence-corrected chi connectivity index (χ4v) is 2.82. The van der Waals surface area contributed by atoms with Gasteiger partial charge in [0.25, 0.3) is 0 Å². The van der Waals surface area contributed by atoms with Gasteiger partial charge in [0.2, 0.25) is 0 Å². The maximum atomic E-state index is 12.4. The molecule has 1 aromatic heterocycles. The molecule has 0 saturated carbocycles. The van der Waals surface area contributed by atoms with E-state index in [1.807, 2.05) is 0 Å². The number of aromatic nitrogens is 1. The van der Waals surface area contributed by atoms with Gasteiger partial charge in [0, 0.05) is 22.3 Å². The first-order valence-electron chi connectivity index (χ1n) is 8.24. The summed E-state index contributed by atoms with van der Waals surface area (Å²) in [4.78, 5) is 28.5. The molecule has 3 rings (SSSR count). The fourth-order valence-electron chi connectivity index (χ4n) is 2.65. The SMILES string of the molecule is CCOC(=O)c1cnc2ccc(Cl)cc2c1Nc1cccc(C(=O)OC)c1. The third kappa shape index (κ3) is 4.01. The van der Waals surface area contributed by atoms with Crippen LogP contribution in [0.15, 0.2) is 48.7 Å². The predicted octanol–water partition coefficient (Wildman–Crippen LogP) is 4.60. The van der Waals surface area contributed by atoms with Gasteiger partial charge in [-0.3, -0.25) is 4.98 Å². The second-order valence-corrected chi connectivity index (χ2v) is 6.06. The number of hydrogen-bond acceptors (Lipinski definition) is 6. The molecule has 3 aromatic rings. The second-order valence-electron chi connectivity index (χ2n) is 5.63. The van der Waals surface area contributed by atoms with Gasteiger partial charge in [-0.2, -0.15) is 0 Å². The van der Waals surface area contributed by atoms with Crippen LogP contribution in [-0.2, 0) is 9.47 Å². The molecule has 0 aliphatic heterocycles. The number of hydrogen-bond donors (Lipinski definition) is 1. The van der Waals surface area contributed by atoms with E-state index in [1.54, 1.807) is 49.4 Å². The zero-order valence-electron chi connectivity index (χ0n) is 14.8. The van der Waals surface area contributed by atoms with Crippen LogP contribution in [-0.4, -0.2) is 30.6 Å². The van der Waals surface area contributed by atoms with Gasteiger partial charge in [-0.1, -0.05) is 17.7 Å². The second kappa shape index (κ2) is 8.05. The number of rotatable bonds is 5. The van der Waals surface area contributed by atoms with Crippen molar-refractivity contribution >= 4 is 45.8 Å². The number of nitrogens with zero attached hydrogens (tertiary/aromatic N) is 1. The molecule has 0 fully saturated rings. The Labute approximate surface area is 161 Å². The maximum absolute atomic E-state index is 12.4. The number of carbonyl (C=O) groups excluding carboxylic acids is 2. The number of methoxy groups -OCH3 is 1. The van der Waals surface area contributed by atoms with Crippen molar-refractivity contribution in [1.82, 2.24) is 4.98 Å². The van der Waals surface area contributed by atoms with Crippen LogP contribution in [0.3, 0.4) is 0 Å². The summed E-state index contributed by atoms with van der Waals surface area (Å²) < 4.78 is 9.89. The monoisotopic (exact) mass is 384 g/mol. The number of ether oxygens (including phenoxy) is 2. The summed E-state index contributed by atoms with van der Waals surface area (Å²) in [6.45, 7) is 1.97. The third-order valence-corrected chi connectivity index (χ3v) is 4.11. The summed E-state index contributed by atoms with van der Waals surface area (Å²) in [6, 6.07) is 12.0. The number of pyridine rings is 1. The van der Waals surface area contributed by atoms with Crippen LogP contribution >= 0.6 is 11.6 Å². The molecule has 0 amide bonds. The molecule has 2 aromatic carbocycles. The van der Waals surface area contributed by atoms with Gasteiger partial charge in [-0.25, -0.2) is 9.59 Å². The first kappa shape index (κ1) is 18.7. The molecule has 0 radical (unpaired) electrons. The van der Waals surface area contributed by atoms with E-state index in [-0.39, 0.29) is 12.2 Å². The third-order valence-electron chi connectivity index (χ3n) is 3.88. The summed E-state index contributed by atoms with van der Waals surface area (Å²) >= 11 is 6.14. The van der Waals surface area contributed by atoms with Gasteiger partial charge in [0.15, 0.2) is 0 Å². The first-order chi connectivity index (χ1) is 13.0. The molecule has 1 heterocycles. The Morgan fingerprint density at radius 2 is 1.96 bits per heavy atom. The lowest BCUT2D eigenvalue weighted by Gasteiger charge is -2.15. The van der Waals surface area contributed by atoms with Gasteiger partial charge >= 0.3 is 11.9 Å². The molecule has 0 atom stereocenters. The molecule has 0 unspecified atom stereocenters. The van der Waals surface area contributed by atoms with E-state index in [0.717, 1.165) is 0 Å². The van der Waals surface area contributed by atoms with Crippen molar-refractivity contribution in [1.29, 1.82) is 0 Å². The maximum Gasteiger partial charge on any atom is 0.341 e. The number of halogens is 1. The zero-order valence-corrected chi connectivity index (χ0v) is 15.5. The number of esters is 2. The molecule has 0 aliphatic rings. The molecule has 27 heavy (non-hydrogen) atoms. The Hall–Kier alpha value is -3.12. The van der Waals surface area contributed by atoms with Crippen molar-refractivity contribution in [2.45, 2.75) is 6.92 Å². The van der Waals surface area contributed by atoms with E-state index in [4.69, 9.17) is 21.1 Å². The molecule has 0 bridgehead atoms. The van der Waals surface area contributed by atoms with Gasteiger partial charge in [-0.05, 0) is 43.3 Å². The van der Waals surface area contributed by atoms with Crippen molar-refractivity contribution in [2.75, 3.05) is 19.0 Å². The van der Waals surface area contributed by atoms with Crippen LogP contribution in [0.4, 0.5) is 11.4 Å². The minimum absolute atomic E-state index is 0.240. The molecule has 138 valence electrons. The Bertz CT molecular complexity index is 1020. The zero-order chi connectivity index (χ0) is 19.4. The lowest BCUT2D eigenvalue weighted by Crippen LogP contribution is -2.09. The molecular formula is C20H17ClN2O4. The van der Waals surface area contributed by atoms with Crippen molar-refractivity contribution in [3.8, 4) is 0 Å². The van der Waals surface area contributed by atoms with E-state index >= 15 is 0 Å². The van der Waals surface area contributed by atoms with E-state index in [9.17, 15) is 9.59 Å². The molecule has 0 saturated heterocycles. The highest BCUT2D eigenvalue weighted by atomic mass is 35.5. The Balaban J connectivity index is 2.13. The van der Waals surface area contributed by atoms with Crippen molar-refractivity contribution in [3.05, 3.63) is 64.8 Å². The fraction of sp³-hybridized carbons (Fsp3) is 0.150. The lowest BCUT2D eigenvalue weighted by molar-refractivity contribution is 0.0526. The lowest BCUT2D eigenvalue weighted by atomic mass is 10.1. The van der Waals surface area contributed by atoms with Gasteiger partial charge in [0.1, 0.15) is 5.56 Å². The van der Waals surface area contributed by atoms with Crippen molar-refractivity contribution in [2.24, 2.45) is 0 Å². The summed E-state index contributed by atoms with van der Waals surface area (Å²) in [5.74, 6) is -0.953. The highest BCUT2D eigenvalue weighted by molar-refractivity contribution is 6.31. The topological polar surface area (TPSA) is 77.5 Å². The summed E-state index contributed by atoms with van der Waals surface area (Å²) in [6.07, 6.45) is 1.46. The normalized spacial score (nSPS) is 10.5. The highest BCUT2D eigenvalue weighted by Gasteiger charge is 2.18. The van der Waals surface area contributed by atoms with Crippen LogP contribution in [0, 0.1) is 0 Å². The Kier molecular flexibility index (Phi) is 5.57. The molecule has 0 spiro atoms. The van der Waals surface area contributed by atoms with Crippen LogP contribution < -0.4 is 5.32 Å². The van der Waals surface area contributed by atoms with E-state index in [1.165, 1.54) is 13.3 Å². The molecule has 1 N–H and O–H groups in total. The molecule has 6 nitrogen and oxygen atoms in total. The standard InChI is InChI=1S/C20H17ClN2O4/c1-3-27-20(25)16-11-22-17-8-7-13(21)10-15(17)18(16)23-14-6-4-5-12(9-14)19(24)26-2/h4-11H,3H2,1-2H3,(H,22,23). The predicted molar refractivity (Wildman–Crippen MR) is 104 cm³/mol. The minimum Gasteiger partial charge on any atom is -0.465 e. The molecular weight excluding hydrogens is 368 g/mol. The number of benzene rings is 2. The van der Waals surface area contributed by atoms with Gasteiger partial charge in [0.05, 0.1) is 30.5 Å². The number of anilines is 2. The first-order valence-corrected chi connectivity index (χ1v) is 8.62. The van der Waals surface area contributed by atoms with Crippen LogP contribution in [0.1, 0.15) is 27.6 Å².